The third kappa shape index (κ3) is 3.17. The highest BCUT2D eigenvalue weighted by Crippen LogP contribution is 2.36. The van der Waals surface area contributed by atoms with E-state index in [1.54, 1.807) is 6.26 Å². The fourth-order valence-electron chi connectivity index (χ4n) is 4.34. The molecule has 3 heterocycles. The number of aromatic nitrogens is 2. The van der Waals surface area contributed by atoms with E-state index in [1.807, 2.05) is 12.3 Å². The van der Waals surface area contributed by atoms with E-state index in [9.17, 15) is 0 Å². The fourth-order valence-corrected chi connectivity index (χ4v) is 4.34. The predicted molar refractivity (Wildman–Crippen MR) is 107 cm³/mol. The molecule has 1 saturated heterocycles. The van der Waals surface area contributed by atoms with E-state index in [4.69, 9.17) is 4.42 Å². The van der Waals surface area contributed by atoms with Crippen LogP contribution in [0.15, 0.2) is 71.5 Å². The minimum Gasteiger partial charge on any atom is -0.468 e. The molecule has 4 nitrogen and oxygen atoms in total. The van der Waals surface area contributed by atoms with Gasteiger partial charge in [-0.1, -0.05) is 42.5 Å². The molecule has 0 bridgehead atoms. The summed E-state index contributed by atoms with van der Waals surface area (Å²) in [4.78, 5) is 2.49. The zero-order valence-electron chi connectivity index (χ0n) is 15.3. The number of benzene rings is 2. The molecule has 5 rings (SSSR count). The maximum Gasteiger partial charge on any atom is 0.117 e. The molecule has 1 N–H and O–H groups in total. The molecule has 4 heteroatoms. The number of aromatic amines is 1. The largest absolute Gasteiger partial charge is 0.468 e. The first-order valence-corrected chi connectivity index (χ1v) is 9.64. The number of likely N-dealkylation sites (tertiary alicyclic amines) is 1. The van der Waals surface area contributed by atoms with Gasteiger partial charge in [-0.25, -0.2) is 0 Å². The second-order valence-corrected chi connectivity index (χ2v) is 7.38. The number of furan rings is 1. The fraction of sp³-hybridized carbons (Fsp3) is 0.261. The van der Waals surface area contributed by atoms with Crippen molar-refractivity contribution >= 4 is 10.8 Å². The van der Waals surface area contributed by atoms with Crippen LogP contribution in [0, 0.1) is 0 Å². The monoisotopic (exact) mass is 357 g/mol. The standard InChI is InChI=1S/C23H23N3O/c1-2-10-20-17(6-1)7-3-11-21(20)22-14-24-25-23(22)18-8-4-12-26(15-18)16-19-9-5-13-27-19/h1-3,5-7,9-11,13-14,18H,4,8,12,15-16H2,(H,24,25)/t18-/m1/s1. The van der Waals surface area contributed by atoms with Crippen molar-refractivity contribution in [2.45, 2.75) is 25.3 Å². The third-order valence-corrected chi connectivity index (χ3v) is 5.62. The lowest BCUT2D eigenvalue weighted by Gasteiger charge is -2.32. The SMILES string of the molecule is c1coc(CN2CCC[C@@H](c3[nH]ncc3-c3cccc4ccccc34)C2)c1. The van der Waals surface area contributed by atoms with Gasteiger partial charge in [0.2, 0.25) is 0 Å². The van der Waals surface area contributed by atoms with Crippen LogP contribution < -0.4 is 0 Å². The Hall–Kier alpha value is -2.85. The zero-order chi connectivity index (χ0) is 18.1. The summed E-state index contributed by atoms with van der Waals surface area (Å²) in [5.41, 5.74) is 3.76. The van der Waals surface area contributed by atoms with Crippen LogP contribution in [0.3, 0.4) is 0 Å². The first kappa shape index (κ1) is 16.3. The van der Waals surface area contributed by atoms with Crippen molar-refractivity contribution in [1.82, 2.24) is 15.1 Å². The van der Waals surface area contributed by atoms with Gasteiger partial charge in [0.25, 0.3) is 0 Å². The van der Waals surface area contributed by atoms with Gasteiger partial charge < -0.3 is 4.42 Å². The van der Waals surface area contributed by atoms with Crippen LogP contribution in [-0.4, -0.2) is 28.2 Å². The quantitative estimate of drug-likeness (QED) is 0.546. The Bertz CT molecular complexity index is 1030. The molecular formula is C23H23N3O. The van der Waals surface area contributed by atoms with Crippen LogP contribution in [0.1, 0.15) is 30.2 Å². The Labute approximate surface area is 158 Å². The Morgan fingerprint density at radius 2 is 1.96 bits per heavy atom. The van der Waals surface area contributed by atoms with Crippen LogP contribution in [-0.2, 0) is 6.54 Å². The van der Waals surface area contributed by atoms with Crippen LogP contribution in [0.5, 0.6) is 0 Å². The molecule has 2 aromatic carbocycles. The van der Waals surface area contributed by atoms with E-state index in [0.29, 0.717) is 5.92 Å². The Morgan fingerprint density at radius 1 is 1.04 bits per heavy atom. The van der Waals surface area contributed by atoms with E-state index in [-0.39, 0.29) is 0 Å². The van der Waals surface area contributed by atoms with Gasteiger partial charge in [0.1, 0.15) is 5.76 Å². The van der Waals surface area contributed by atoms with Crippen LogP contribution in [0.2, 0.25) is 0 Å². The average molecular weight is 357 g/mol. The number of nitrogens with zero attached hydrogens (tertiary/aromatic N) is 2. The molecule has 0 unspecified atom stereocenters. The molecule has 1 atom stereocenters. The molecule has 0 saturated carbocycles. The highest BCUT2D eigenvalue weighted by Gasteiger charge is 2.26. The van der Waals surface area contributed by atoms with Crippen molar-refractivity contribution in [1.29, 1.82) is 0 Å². The van der Waals surface area contributed by atoms with Crippen molar-refractivity contribution < 1.29 is 4.42 Å². The normalized spacial score (nSPS) is 18.1. The molecule has 1 aliphatic rings. The number of piperidine rings is 1. The summed E-state index contributed by atoms with van der Waals surface area (Å²) in [6, 6.07) is 19.1. The molecular weight excluding hydrogens is 334 g/mol. The Balaban J connectivity index is 1.46. The first-order valence-electron chi connectivity index (χ1n) is 9.64. The molecule has 1 aliphatic heterocycles. The third-order valence-electron chi connectivity index (χ3n) is 5.62. The predicted octanol–water partition coefficient (Wildman–Crippen LogP) is 5.20. The molecule has 0 aliphatic carbocycles. The summed E-state index contributed by atoms with van der Waals surface area (Å²) < 4.78 is 5.54. The summed E-state index contributed by atoms with van der Waals surface area (Å²) in [6.07, 6.45) is 6.13. The van der Waals surface area contributed by atoms with Gasteiger partial charge in [0.05, 0.1) is 19.0 Å². The van der Waals surface area contributed by atoms with E-state index in [2.05, 4.69) is 63.6 Å². The van der Waals surface area contributed by atoms with Crippen molar-refractivity contribution in [2.24, 2.45) is 0 Å². The molecule has 1 fully saturated rings. The summed E-state index contributed by atoms with van der Waals surface area (Å²) in [5, 5.41) is 10.3. The maximum absolute atomic E-state index is 5.54. The topological polar surface area (TPSA) is 45.1 Å². The smallest absolute Gasteiger partial charge is 0.117 e. The van der Waals surface area contributed by atoms with Gasteiger partial charge in [-0.2, -0.15) is 5.10 Å². The molecule has 4 aromatic rings. The maximum atomic E-state index is 5.54. The van der Waals surface area contributed by atoms with E-state index in [1.165, 1.54) is 40.4 Å². The van der Waals surface area contributed by atoms with E-state index in [0.717, 1.165) is 25.4 Å². The minimum atomic E-state index is 0.463. The lowest BCUT2D eigenvalue weighted by atomic mass is 9.89. The Kier molecular flexibility index (Phi) is 4.26. The molecule has 136 valence electrons. The number of fused-ring (bicyclic) bond motifs is 1. The van der Waals surface area contributed by atoms with E-state index < -0.39 is 0 Å². The van der Waals surface area contributed by atoms with Crippen molar-refractivity contribution in [3.05, 3.63) is 78.5 Å². The van der Waals surface area contributed by atoms with Crippen LogP contribution >= 0.6 is 0 Å². The van der Waals surface area contributed by atoms with E-state index >= 15 is 0 Å². The number of nitrogens with one attached hydrogen (secondary N) is 1. The molecule has 27 heavy (non-hydrogen) atoms. The number of hydrogen-bond acceptors (Lipinski definition) is 3. The molecule has 0 amide bonds. The summed E-state index contributed by atoms with van der Waals surface area (Å²) in [5.74, 6) is 1.50. The van der Waals surface area contributed by atoms with Crippen molar-refractivity contribution in [3.63, 3.8) is 0 Å². The summed E-state index contributed by atoms with van der Waals surface area (Å²) in [7, 11) is 0. The lowest BCUT2D eigenvalue weighted by molar-refractivity contribution is 0.185. The highest BCUT2D eigenvalue weighted by atomic mass is 16.3. The van der Waals surface area contributed by atoms with Gasteiger partial charge in [0, 0.05) is 23.7 Å². The Morgan fingerprint density at radius 3 is 2.89 bits per heavy atom. The number of rotatable bonds is 4. The molecule has 0 radical (unpaired) electrons. The number of H-pyrrole nitrogens is 1. The minimum absolute atomic E-state index is 0.463. The summed E-state index contributed by atoms with van der Waals surface area (Å²) in [6.45, 7) is 3.02. The van der Waals surface area contributed by atoms with Gasteiger partial charge >= 0.3 is 0 Å². The summed E-state index contributed by atoms with van der Waals surface area (Å²) >= 11 is 0. The zero-order valence-corrected chi connectivity index (χ0v) is 15.3. The average Bonchev–Trinajstić information content (AvgIpc) is 3.40. The molecule has 2 aromatic heterocycles. The molecule has 0 spiro atoms. The van der Waals surface area contributed by atoms with Crippen LogP contribution in [0.4, 0.5) is 0 Å². The second-order valence-electron chi connectivity index (χ2n) is 7.38. The van der Waals surface area contributed by atoms with Crippen molar-refractivity contribution in [2.75, 3.05) is 13.1 Å². The lowest BCUT2D eigenvalue weighted by Crippen LogP contribution is -2.34. The second kappa shape index (κ2) is 7.05. The first-order chi connectivity index (χ1) is 13.4. The van der Waals surface area contributed by atoms with Gasteiger partial charge in [-0.3, -0.25) is 10.00 Å². The van der Waals surface area contributed by atoms with Crippen molar-refractivity contribution in [3.8, 4) is 11.1 Å². The van der Waals surface area contributed by atoms with Gasteiger partial charge in [-0.15, -0.1) is 0 Å². The number of hydrogen-bond donors (Lipinski definition) is 1. The highest BCUT2D eigenvalue weighted by molar-refractivity contribution is 5.97. The van der Waals surface area contributed by atoms with Gasteiger partial charge in [-0.05, 0) is 47.9 Å². The van der Waals surface area contributed by atoms with Gasteiger partial charge in [0.15, 0.2) is 0 Å². The van der Waals surface area contributed by atoms with Crippen LogP contribution in [0.25, 0.3) is 21.9 Å².